The molecule has 2 aliphatic carbocycles. The number of carbonyl (C=O) groups excluding carboxylic acids is 3. The van der Waals surface area contributed by atoms with Crippen LogP contribution in [-0.4, -0.2) is 56.9 Å². The van der Waals surface area contributed by atoms with Gasteiger partial charge in [-0.1, -0.05) is 26.8 Å². The van der Waals surface area contributed by atoms with Crippen molar-refractivity contribution in [3.8, 4) is 12.1 Å². The number of pyridine rings is 1. The van der Waals surface area contributed by atoms with Crippen molar-refractivity contribution in [2.45, 2.75) is 50.3 Å². The second kappa shape index (κ2) is 9.04. The molecule has 6 atom stereocenters. The van der Waals surface area contributed by atoms with Crippen molar-refractivity contribution >= 4 is 41.1 Å². The molecule has 3 fully saturated rings. The van der Waals surface area contributed by atoms with Crippen LogP contribution in [0.1, 0.15) is 34.1 Å². The molecule has 2 heterocycles. The normalized spacial score (nSPS) is 30.9. The first-order valence-electron chi connectivity index (χ1n) is 11.7. The lowest BCUT2D eigenvalue weighted by Crippen LogP contribution is -2.38. The first-order chi connectivity index (χ1) is 16.6. The lowest BCUT2D eigenvalue weighted by molar-refractivity contribution is -0.131. The molecule has 5 unspecified atom stereocenters. The molecule has 11 heteroatoms. The van der Waals surface area contributed by atoms with Crippen molar-refractivity contribution in [1.29, 1.82) is 10.5 Å². The van der Waals surface area contributed by atoms with E-state index in [0.717, 1.165) is 0 Å². The Morgan fingerprint density at radius 3 is 2.63 bits per heavy atom. The van der Waals surface area contributed by atoms with Crippen LogP contribution in [0.3, 0.4) is 0 Å². The van der Waals surface area contributed by atoms with Crippen molar-refractivity contribution in [1.82, 2.24) is 15.2 Å². The van der Waals surface area contributed by atoms with Gasteiger partial charge in [-0.2, -0.15) is 10.5 Å². The number of carbonyl (C=O) groups is 3. The highest BCUT2D eigenvalue weighted by atomic mass is 32.2. The molecule has 1 aliphatic heterocycles. The number of aromatic nitrogens is 1. The molecule has 1 aromatic heterocycles. The van der Waals surface area contributed by atoms with Gasteiger partial charge in [-0.25, -0.2) is 4.98 Å². The summed E-state index contributed by atoms with van der Waals surface area (Å²) in [7, 11) is 0. The van der Waals surface area contributed by atoms with Crippen LogP contribution < -0.4 is 16.0 Å². The monoisotopic (exact) mass is 495 g/mol. The van der Waals surface area contributed by atoms with Gasteiger partial charge in [-0.05, 0) is 25.5 Å². The summed E-state index contributed by atoms with van der Waals surface area (Å²) in [5, 5.41) is 26.7. The third kappa shape index (κ3) is 4.53. The molecule has 1 aromatic rings. The van der Waals surface area contributed by atoms with Gasteiger partial charge in [0, 0.05) is 17.9 Å². The van der Waals surface area contributed by atoms with Gasteiger partial charge >= 0.3 is 0 Å². The van der Waals surface area contributed by atoms with Gasteiger partial charge < -0.3 is 20.9 Å². The molecular weight excluding hydrogens is 466 g/mol. The molecule has 2 saturated carbocycles. The maximum atomic E-state index is 13.4. The van der Waals surface area contributed by atoms with Crippen molar-refractivity contribution in [2.75, 3.05) is 23.7 Å². The number of hydrogen-bond acceptors (Lipinski definition) is 8. The number of anilines is 2. The standard InChI is InChI=1S/C24H29N7O3S/c1-5-31-20(18-13(12-26)17(18)19(32)27-10-9-25)35-24(22(31)34)11-14(24)28-15-7-6-8-16(29-15)30-21(33)23(2,3)4/h6-8,13-14,17-18,20H,5,10-11H2,1-4H3,(H,27,32)(H2,28,29,30,33)/t13?,14?,17-,18?,20?,24?/m0/s1. The molecule has 3 N–H and O–H groups in total. The highest BCUT2D eigenvalue weighted by Crippen LogP contribution is 2.64. The highest BCUT2D eigenvalue weighted by Gasteiger charge is 2.72. The van der Waals surface area contributed by atoms with Crippen LogP contribution in [-0.2, 0) is 14.4 Å². The molecule has 184 valence electrons. The smallest absolute Gasteiger partial charge is 0.241 e. The first-order valence-corrected chi connectivity index (χ1v) is 12.5. The van der Waals surface area contributed by atoms with E-state index in [1.165, 1.54) is 11.8 Å². The molecule has 10 nitrogen and oxygen atoms in total. The zero-order valence-corrected chi connectivity index (χ0v) is 21.0. The maximum absolute atomic E-state index is 13.4. The molecule has 4 rings (SSSR count). The Morgan fingerprint density at radius 1 is 1.29 bits per heavy atom. The molecule has 0 bridgehead atoms. The van der Waals surface area contributed by atoms with Crippen molar-refractivity contribution < 1.29 is 14.4 Å². The Morgan fingerprint density at radius 2 is 2.00 bits per heavy atom. The van der Waals surface area contributed by atoms with Crippen LogP contribution in [0.15, 0.2) is 18.2 Å². The molecule has 0 aromatic carbocycles. The summed E-state index contributed by atoms with van der Waals surface area (Å²) in [5.74, 6) is -0.699. The molecule has 0 radical (unpaired) electrons. The minimum absolute atomic E-state index is 0.00413. The number of nitriles is 2. The molecular formula is C24H29N7O3S. The topological polar surface area (TPSA) is 151 Å². The number of hydrogen-bond donors (Lipinski definition) is 3. The van der Waals surface area contributed by atoms with Crippen LogP contribution in [0, 0.1) is 45.8 Å². The predicted octanol–water partition coefficient (Wildman–Crippen LogP) is 1.94. The van der Waals surface area contributed by atoms with E-state index in [-0.39, 0.29) is 41.6 Å². The quantitative estimate of drug-likeness (QED) is 0.486. The van der Waals surface area contributed by atoms with Gasteiger partial charge in [-0.3, -0.25) is 14.4 Å². The lowest BCUT2D eigenvalue weighted by atomic mass is 9.96. The van der Waals surface area contributed by atoms with E-state index in [2.05, 4.69) is 27.0 Å². The zero-order valence-electron chi connectivity index (χ0n) is 20.2. The highest BCUT2D eigenvalue weighted by molar-refractivity contribution is 8.02. The summed E-state index contributed by atoms with van der Waals surface area (Å²) in [6.07, 6.45) is 0.610. The molecule has 3 amide bonds. The van der Waals surface area contributed by atoms with Crippen LogP contribution in [0.25, 0.3) is 0 Å². The Hall–Kier alpha value is -3.31. The van der Waals surface area contributed by atoms with Crippen molar-refractivity contribution in [3.63, 3.8) is 0 Å². The van der Waals surface area contributed by atoms with Gasteiger partial charge in [0.25, 0.3) is 0 Å². The van der Waals surface area contributed by atoms with Crippen LogP contribution in [0.4, 0.5) is 11.6 Å². The first kappa shape index (κ1) is 24.8. The Kier molecular flexibility index (Phi) is 6.41. The third-order valence-corrected chi connectivity index (χ3v) is 8.56. The van der Waals surface area contributed by atoms with Crippen LogP contribution >= 0.6 is 11.8 Å². The van der Waals surface area contributed by atoms with Gasteiger partial charge in [-0.15, -0.1) is 11.8 Å². The fourth-order valence-corrected chi connectivity index (χ4v) is 6.58. The van der Waals surface area contributed by atoms with E-state index in [9.17, 15) is 19.6 Å². The number of rotatable bonds is 7. The molecule has 1 spiro atoms. The Bertz CT molecular complexity index is 1140. The average molecular weight is 496 g/mol. The molecule has 1 saturated heterocycles. The van der Waals surface area contributed by atoms with Crippen LogP contribution in [0.5, 0.6) is 0 Å². The maximum Gasteiger partial charge on any atom is 0.241 e. The largest absolute Gasteiger partial charge is 0.365 e. The predicted molar refractivity (Wildman–Crippen MR) is 131 cm³/mol. The van der Waals surface area contributed by atoms with Gasteiger partial charge in [0.1, 0.15) is 22.9 Å². The second-order valence-electron chi connectivity index (χ2n) is 10.1. The Labute approximate surface area is 208 Å². The number of nitrogens with zero attached hydrogens (tertiary/aromatic N) is 4. The summed E-state index contributed by atoms with van der Waals surface area (Å²) in [6, 6.07) is 9.24. The van der Waals surface area contributed by atoms with Crippen LogP contribution in [0.2, 0.25) is 0 Å². The van der Waals surface area contributed by atoms with E-state index in [1.54, 1.807) is 23.1 Å². The van der Waals surface area contributed by atoms with Gasteiger partial charge in [0.05, 0.1) is 35.4 Å². The average Bonchev–Trinajstić information content (AvgIpc) is 3.68. The second-order valence-corrected chi connectivity index (χ2v) is 11.6. The summed E-state index contributed by atoms with van der Waals surface area (Å²) >= 11 is 1.52. The number of nitrogens with one attached hydrogen (secondary N) is 3. The number of amides is 3. The fourth-order valence-electron chi connectivity index (χ4n) is 4.58. The van der Waals surface area contributed by atoms with E-state index in [1.807, 2.05) is 33.8 Å². The minimum Gasteiger partial charge on any atom is -0.365 e. The zero-order chi connectivity index (χ0) is 25.5. The summed E-state index contributed by atoms with van der Waals surface area (Å²) in [4.78, 5) is 44.4. The minimum atomic E-state index is -0.663. The Balaban J connectivity index is 1.45. The van der Waals surface area contributed by atoms with E-state index in [4.69, 9.17) is 5.26 Å². The summed E-state index contributed by atoms with van der Waals surface area (Å²) in [6.45, 7) is 7.75. The third-order valence-electron chi connectivity index (χ3n) is 6.70. The number of thioether (sulfide) groups is 1. The van der Waals surface area contributed by atoms with Crippen molar-refractivity contribution in [3.05, 3.63) is 18.2 Å². The fraction of sp³-hybridized carbons (Fsp3) is 0.583. The molecule has 3 aliphatic rings. The molecule has 35 heavy (non-hydrogen) atoms. The van der Waals surface area contributed by atoms with Crippen molar-refractivity contribution in [2.24, 2.45) is 23.2 Å². The van der Waals surface area contributed by atoms with E-state index in [0.29, 0.717) is 24.6 Å². The van der Waals surface area contributed by atoms with E-state index >= 15 is 0 Å². The summed E-state index contributed by atoms with van der Waals surface area (Å²) < 4.78 is -0.663. The van der Waals surface area contributed by atoms with Gasteiger partial charge in [0.15, 0.2) is 0 Å². The van der Waals surface area contributed by atoms with E-state index < -0.39 is 22.0 Å². The summed E-state index contributed by atoms with van der Waals surface area (Å²) in [5.41, 5.74) is -0.551. The lowest BCUT2D eigenvalue weighted by Gasteiger charge is -2.22. The SMILES string of the molecule is CCN1C(=O)C2(CC2Nc2cccc(NC(=O)C(C)(C)C)n2)SC1C1C(C#N)[C@@H]1C(=O)NCC#N. The van der Waals surface area contributed by atoms with Gasteiger partial charge in [0.2, 0.25) is 17.7 Å².